The highest BCUT2D eigenvalue weighted by Gasteiger charge is 2.43. The zero-order valence-corrected chi connectivity index (χ0v) is 10.4. The van der Waals surface area contributed by atoms with E-state index in [0.717, 1.165) is 12.5 Å². The first-order chi connectivity index (χ1) is 7.37. The maximum atomic E-state index is 11.8. The Labute approximate surface area is 97.1 Å². The fourth-order valence-electron chi connectivity index (χ4n) is 2.35. The molecule has 1 amide bonds. The Morgan fingerprint density at radius 2 is 1.94 bits per heavy atom. The Bertz CT molecular complexity index is 281. The van der Waals surface area contributed by atoms with Gasteiger partial charge in [-0.2, -0.15) is 0 Å². The standard InChI is InChI=1S/C12H22N2O2/c1-12(2,3)16-11(15)14-6-9(8-4-5-8)10(13)7-14/h8-10H,4-7,13H2,1-3H3/t9-,10-/m0/s1. The lowest BCUT2D eigenvalue weighted by Crippen LogP contribution is -2.36. The molecule has 2 rings (SSSR count). The summed E-state index contributed by atoms with van der Waals surface area (Å²) in [5.74, 6) is 1.25. The highest BCUT2D eigenvalue weighted by molar-refractivity contribution is 5.68. The fraction of sp³-hybridized carbons (Fsp3) is 0.917. The predicted octanol–water partition coefficient (Wildman–Crippen LogP) is 1.59. The van der Waals surface area contributed by atoms with E-state index < -0.39 is 5.60 Å². The van der Waals surface area contributed by atoms with Crippen molar-refractivity contribution < 1.29 is 9.53 Å². The highest BCUT2D eigenvalue weighted by atomic mass is 16.6. The van der Waals surface area contributed by atoms with Crippen LogP contribution in [0.1, 0.15) is 33.6 Å². The highest BCUT2D eigenvalue weighted by Crippen LogP contribution is 2.41. The largest absolute Gasteiger partial charge is 0.444 e. The molecule has 0 bridgehead atoms. The number of ether oxygens (including phenoxy) is 1. The van der Waals surface area contributed by atoms with Crippen LogP contribution < -0.4 is 5.73 Å². The summed E-state index contributed by atoms with van der Waals surface area (Å²) in [6.07, 6.45) is 2.34. The fourth-order valence-corrected chi connectivity index (χ4v) is 2.35. The van der Waals surface area contributed by atoms with Gasteiger partial charge in [-0.25, -0.2) is 4.79 Å². The van der Waals surface area contributed by atoms with Crippen molar-refractivity contribution in [1.29, 1.82) is 0 Å². The summed E-state index contributed by atoms with van der Waals surface area (Å²) in [5, 5.41) is 0. The number of likely N-dealkylation sites (tertiary alicyclic amines) is 1. The summed E-state index contributed by atoms with van der Waals surface area (Å²) in [6.45, 7) is 7.09. The Hall–Kier alpha value is -0.770. The maximum Gasteiger partial charge on any atom is 0.410 e. The van der Waals surface area contributed by atoms with Gasteiger partial charge in [0.15, 0.2) is 0 Å². The van der Waals surface area contributed by atoms with Gasteiger partial charge in [-0.1, -0.05) is 0 Å². The molecule has 2 atom stereocenters. The van der Waals surface area contributed by atoms with E-state index >= 15 is 0 Å². The van der Waals surface area contributed by atoms with Crippen LogP contribution in [0.3, 0.4) is 0 Å². The summed E-state index contributed by atoms with van der Waals surface area (Å²) in [4.78, 5) is 13.6. The number of hydrogen-bond donors (Lipinski definition) is 1. The number of carbonyl (C=O) groups excluding carboxylic acids is 1. The summed E-state index contributed by atoms with van der Waals surface area (Å²) >= 11 is 0. The molecule has 2 fully saturated rings. The smallest absolute Gasteiger partial charge is 0.410 e. The second-order valence-electron chi connectivity index (χ2n) is 6.05. The quantitative estimate of drug-likeness (QED) is 0.738. The van der Waals surface area contributed by atoms with E-state index in [1.54, 1.807) is 4.90 Å². The van der Waals surface area contributed by atoms with E-state index in [0.29, 0.717) is 12.5 Å². The van der Waals surface area contributed by atoms with E-state index in [4.69, 9.17) is 10.5 Å². The minimum absolute atomic E-state index is 0.139. The molecule has 0 aromatic heterocycles. The Balaban J connectivity index is 1.89. The van der Waals surface area contributed by atoms with Crippen molar-refractivity contribution in [2.24, 2.45) is 17.6 Å². The topological polar surface area (TPSA) is 55.6 Å². The second kappa shape index (κ2) is 3.91. The van der Waals surface area contributed by atoms with Crippen LogP contribution in [0.15, 0.2) is 0 Å². The van der Waals surface area contributed by atoms with Crippen molar-refractivity contribution in [3.8, 4) is 0 Å². The minimum atomic E-state index is -0.418. The Morgan fingerprint density at radius 1 is 1.31 bits per heavy atom. The lowest BCUT2D eigenvalue weighted by molar-refractivity contribution is 0.0285. The van der Waals surface area contributed by atoms with Crippen LogP contribution in [0.25, 0.3) is 0 Å². The lowest BCUT2D eigenvalue weighted by atomic mass is 9.99. The van der Waals surface area contributed by atoms with E-state index in [-0.39, 0.29) is 12.1 Å². The molecular formula is C12H22N2O2. The van der Waals surface area contributed by atoms with Crippen molar-refractivity contribution in [2.45, 2.75) is 45.3 Å². The number of carbonyl (C=O) groups is 1. The normalized spacial score (nSPS) is 30.6. The van der Waals surface area contributed by atoms with Gasteiger partial charge in [0.2, 0.25) is 0 Å². The molecule has 16 heavy (non-hydrogen) atoms. The molecule has 0 unspecified atom stereocenters. The van der Waals surface area contributed by atoms with Gasteiger partial charge in [-0.3, -0.25) is 0 Å². The van der Waals surface area contributed by atoms with Gasteiger partial charge in [0, 0.05) is 19.1 Å². The first kappa shape index (κ1) is 11.7. The van der Waals surface area contributed by atoms with Gasteiger partial charge in [-0.05, 0) is 45.4 Å². The molecule has 0 radical (unpaired) electrons. The van der Waals surface area contributed by atoms with Gasteiger partial charge in [0.1, 0.15) is 5.60 Å². The molecular weight excluding hydrogens is 204 g/mol. The molecule has 0 aromatic carbocycles. The third-order valence-corrected chi connectivity index (χ3v) is 3.29. The zero-order valence-electron chi connectivity index (χ0n) is 10.4. The minimum Gasteiger partial charge on any atom is -0.444 e. The van der Waals surface area contributed by atoms with Crippen LogP contribution in [-0.4, -0.2) is 35.7 Å². The number of nitrogens with two attached hydrogens (primary N) is 1. The van der Waals surface area contributed by atoms with Gasteiger partial charge in [0.25, 0.3) is 0 Å². The average Bonchev–Trinajstić information content (AvgIpc) is 2.87. The van der Waals surface area contributed by atoms with Crippen LogP contribution in [-0.2, 0) is 4.74 Å². The molecule has 2 N–H and O–H groups in total. The van der Waals surface area contributed by atoms with Crippen molar-refractivity contribution in [1.82, 2.24) is 4.90 Å². The van der Waals surface area contributed by atoms with E-state index in [9.17, 15) is 4.79 Å². The van der Waals surface area contributed by atoms with E-state index in [2.05, 4.69) is 0 Å². The van der Waals surface area contributed by atoms with Gasteiger partial charge < -0.3 is 15.4 Å². The monoisotopic (exact) mass is 226 g/mol. The lowest BCUT2D eigenvalue weighted by Gasteiger charge is -2.24. The molecule has 1 aliphatic heterocycles. The third kappa shape index (κ3) is 2.67. The van der Waals surface area contributed by atoms with Crippen LogP contribution >= 0.6 is 0 Å². The molecule has 1 saturated heterocycles. The Morgan fingerprint density at radius 3 is 2.44 bits per heavy atom. The molecule has 1 aliphatic carbocycles. The molecule has 4 nitrogen and oxygen atoms in total. The molecule has 1 heterocycles. The first-order valence-corrected chi connectivity index (χ1v) is 6.10. The van der Waals surface area contributed by atoms with Crippen LogP contribution in [0, 0.1) is 11.8 Å². The predicted molar refractivity (Wildman–Crippen MR) is 62.0 cm³/mol. The average molecular weight is 226 g/mol. The summed E-state index contributed by atoms with van der Waals surface area (Å²) in [7, 11) is 0. The summed E-state index contributed by atoms with van der Waals surface area (Å²) in [6, 6.07) is 0.139. The molecule has 2 aliphatic rings. The first-order valence-electron chi connectivity index (χ1n) is 6.10. The van der Waals surface area contributed by atoms with Crippen molar-refractivity contribution >= 4 is 6.09 Å². The molecule has 4 heteroatoms. The van der Waals surface area contributed by atoms with Gasteiger partial charge in [-0.15, -0.1) is 0 Å². The van der Waals surface area contributed by atoms with Gasteiger partial charge in [0.05, 0.1) is 0 Å². The summed E-state index contributed by atoms with van der Waals surface area (Å²) < 4.78 is 5.35. The van der Waals surface area contributed by atoms with Crippen molar-refractivity contribution in [3.05, 3.63) is 0 Å². The third-order valence-electron chi connectivity index (χ3n) is 3.29. The number of hydrogen-bond acceptors (Lipinski definition) is 3. The molecule has 1 saturated carbocycles. The number of nitrogens with zero attached hydrogens (tertiary/aromatic N) is 1. The zero-order chi connectivity index (χ0) is 11.9. The van der Waals surface area contributed by atoms with E-state index in [1.807, 2.05) is 20.8 Å². The summed E-state index contributed by atoms with van der Waals surface area (Å²) in [5.41, 5.74) is 5.64. The second-order valence-corrected chi connectivity index (χ2v) is 6.05. The SMILES string of the molecule is CC(C)(C)OC(=O)N1C[C@H](N)[C@H](C2CC2)C1. The van der Waals surface area contributed by atoms with Crippen LogP contribution in [0.5, 0.6) is 0 Å². The van der Waals surface area contributed by atoms with E-state index in [1.165, 1.54) is 12.8 Å². The van der Waals surface area contributed by atoms with Gasteiger partial charge >= 0.3 is 6.09 Å². The number of rotatable bonds is 1. The van der Waals surface area contributed by atoms with Crippen molar-refractivity contribution in [3.63, 3.8) is 0 Å². The van der Waals surface area contributed by atoms with Crippen LogP contribution in [0.4, 0.5) is 4.79 Å². The molecule has 92 valence electrons. The van der Waals surface area contributed by atoms with Crippen molar-refractivity contribution in [2.75, 3.05) is 13.1 Å². The van der Waals surface area contributed by atoms with Crippen LogP contribution in [0.2, 0.25) is 0 Å². The maximum absolute atomic E-state index is 11.8. The molecule has 0 spiro atoms. The molecule has 0 aromatic rings. The Kier molecular flexibility index (Phi) is 2.86. The number of amides is 1.